The van der Waals surface area contributed by atoms with Gasteiger partial charge in [-0.15, -0.1) is 11.8 Å². The lowest BCUT2D eigenvalue weighted by Crippen LogP contribution is -2.20. The number of carbonyl (C=O) groups excluding carboxylic acids is 2. The van der Waals surface area contributed by atoms with E-state index in [1.807, 2.05) is 0 Å². The average Bonchev–Trinajstić information content (AvgIpc) is 2.59. The molecular formula is C17H15FN2O4S2. The molecule has 1 heterocycles. The zero-order chi connectivity index (χ0) is 18.7. The van der Waals surface area contributed by atoms with Gasteiger partial charge >= 0.3 is 0 Å². The molecule has 2 aromatic carbocycles. The number of thioether (sulfide) groups is 1. The zero-order valence-electron chi connectivity index (χ0n) is 13.5. The highest BCUT2D eigenvalue weighted by atomic mass is 32.2. The molecule has 1 aliphatic heterocycles. The number of rotatable bonds is 5. The van der Waals surface area contributed by atoms with Crippen molar-refractivity contribution in [1.29, 1.82) is 0 Å². The van der Waals surface area contributed by atoms with Gasteiger partial charge in [-0.1, -0.05) is 6.07 Å². The molecule has 0 fully saturated rings. The third kappa shape index (κ3) is 4.41. The summed E-state index contributed by atoms with van der Waals surface area (Å²) in [4.78, 5) is 24.0. The Labute approximate surface area is 154 Å². The maximum atomic E-state index is 13.1. The third-order valence-corrected chi connectivity index (χ3v) is 6.42. The van der Waals surface area contributed by atoms with Gasteiger partial charge in [-0.25, -0.2) is 12.8 Å². The summed E-state index contributed by atoms with van der Waals surface area (Å²) in [5, 5.41) is 5.14. The fraction of sp³-hybridized carbons (Fsp3) is 0.176. The number of hydrogen-bond acceptors (Lipinski definition) is 5. The minimum atomic E-state index is -3.66. The minimum Gasteiger partial charge on any atom is -0.326 e. The van der Waals surface area contributed by atoms with E-state index in [1.165, 1.54) is 42.1 Å². The first-order valence-electron chi connectivity index (χ1n) is 7.68. The van der Waals surface area contributed by atoms with Crippen LogP contribution in [0.4, 0.5) is 15.8 Å². The van der Waals surface area contributed by atoms with Crippen LogP contribution < -0.4 is 10.6 Å². The second-order valence-corrected chi connectivity index (χ2v) is 8.75. The van der Waals surface area contributed by atoms with Crippen LogP contribution in [0.5, 0.6) is 0 Å². The molecule has 0 radical (unpaired) electrons. The number of halogens is 1. The van der Waals surface area contributed by atoms with Crippen molar-refractivity contribution in [3.05, 3.63) is 48.3 Å². The van der Waals surface area contributed by atoms with Crippen molar-refractivity contribution >= 4 is 44.8 Å². The zero-order valence-corrected chi connectivity index (χ0v) is 15.1. The summed E-state index contributed by atoms with van der Waals surface area (Å²) >= 11 is 1.26. The van der Waals surface area contributed by atoms with Gasteiger partial charge in [0.2, 0.25) is 11.8 Å². The Morgan fingerprint density at radius 2 is 2.04 bits per heavy atom. The molecule has 3 rings (SSSR count). The predicted molar refractivity (Wildman–Crippen MR) is 97.5 cm³/mol. The first-order chi connectivity index (χ1) is 12.3. The van der Waals surface area contributed by atoms with E-state index in [1.54, 1.807) is 6.07 Å². The highest BCUT2D eigenvalue weighted by Gasteiger charge is 2.21. The van der Waals surface area contributed by atoms with Crippen molar-refractivity contribution in [3.63, 3.8) is 0 Å². The van der Waals surface area contributed by atoms with Crippen LogP contribution >= 0.6 is 11.8 Å². The molecule has 9 heteroatoms. The molecule has 0 bridgehead atoms. The second-order valence-electron chi connectivity index (χ2n) is 5.62. The number of sulfone groups is 1. The molecule has 26 heavy (non-hydrogen) atoms. The molecule has 0 spiro atoms. The Morgan fingerprint density at radius 1 is 1.23 bits per heavy atom. The van der Waals surface area contributed by atoms with Crippen LogP contribution in [0.2, 0.25) is 0 Å². The van der Waals surface area contributed by atoms with Crippen molar-refractivity contribution < 1.29 is 22.4 Å². The number of benzene rings is 2. The smallest absolute Gasteiger partial charge is 0.234 e. The number of carbonyl (C=O) groups is 2. The lowest BCUT2D eigenvalue weighted by Gasteiger charge is -2.17. The van der Waals surface area contributed by atoms with Gasteiger partial charge < -0.3 is 10.6 Å². The molecule has 1 aliphatic rings. The Morgan fingerprint density at radius 3 is 2.81 bits per heavy atom. The molecule has 0 aliphatic carbocycles. The number of anilines is 2. The van der Waals surface area contributed by atoms with E-state index in [2.05, 4.69) is 10.6 Å². The van der Waals surface area contributed by atoms with Crippen molar-refractivity contribution in [1.82, 2.24) is 0 Å². The number of hydrogen-bond donors (Lipinski definition) is 2. The van der Waals surface area contributed by atoms with Crippen molar-refractivity contribution in [2.75, 3.05) is 22.1 Å². The van der Waals surface area contributed by atoms with Crippen molar-refractivity contribution in [2.24, 2.45) is 0 Å². The van der Waals surface area contributed by atoms with E-state index in [-0.39, 0.29) is 34.4 Å². The molecule has 136 valence electrons. The van der Waals surface area contributed by atoms with E-state index in [4.69, 9.17) is 0 Å². The Bertz CT molecular complexity index is 976. The number of fused-ring (bicyclic) bond motifs is 1. The Balaban J connectivity index is 1.65. The van der Waals surface area contributed by atoms with Gasteiger partial charge in [-0.3, -0.25) is 9.59 Å². The molecule has 0 saturated carbocycles. The monoisotopic (exact) mass is 394 g/mol. The summed E-state index contributed by atoms with van der Waals surface area (Å²) in [7, 11) is -3.66. The van der Waals surface area contributed by atoms with Crippen molar-refractivity contribution in [3.8, 4) is 0 Å². The molecule has 2 aromatic rings. The van der Waals surface area contributed by atoms with Gasteiger partial charge in [0, 0.05) is 17.0 Å². The van der Waals surface area contributed by atoms with Crippen molar-refractivity contribution in [2.45, 2.75) is 16.2 Å². The predicted octanol–water partition coefficient (Wildman–Crippen LogP) is 2.67. The van der Waals surface area contributed by atoms with E-state index >= 15 is 0 Å². The van der Waals surface area contributed by atoms with Crippen LogP contribution in [0, 0.1) is 5.82 Å². The standard InChI is InChI=1S/C17H15FN2O4S2/c18-11-2-1-3-12(8-11)19-16(21)6-7-26(23,24)13-4-5-14-15(9-13)25-10-17(22)20-14/h1-5,8-9H,6-7,10H2,(H,19,21)(H,20,22). The molecule has 6 nitrogen and oxygen atoms in total. The van der Waals surface area contributed by atoms with Crippen LogP contribution in [0.25, 0.3) is 0 Å². The van der Waals surface area contributed by atoms with Crippen LogP contribution in [0.15, 0.2) is 52.3 Å². The van der Waals surface area contributed by atoms with Crippen LogP contribution in [-0.2, 0) is 19.4 Å². The second kappa shape index (κ2) is 7.46. The minimum absolute atomic E-state index is 0.0958. The summed E-state index contributed by atoms with van der Waals surface area (Å²) in [5.74, 6) is -1.28. The summed E-state index contributed by atoms with van der Waals surface area (Å²) in [5.41, 5.74) is 0.849. The molecule has 0 aromatic heterocycles. The summed E-state index contributed by atoms with van der Waals surface area (Å²) in [6, 6.07) is 9.82. The van der Waals surface area contributed by atoms with Crippen LogP contribution in [0.1, 0.15) is 6.42 Å². The fourth-order valence-electron chi connectivity index (χ4n) is 2.38. The third-order valence-electron chi connectivity index (χ3n) is 3.65. The lowest BCUT2D eigenvalue weighted by molar-refractivity contribution is -0.116. The van der Waals surface area contributed by atoms with Crippen LogP contribution in [0.3, 0.4) is 0 Å². The lowest BCUT2D eigenvalue weighted by atomic mass is 10.3. The van der Waals surface area contributed by atoms with Gasteiger partial charge in [0.1, 0.15) is 5.82 Å². The maximum Gasteiger partial charge on any atom is 0.234 e. The highest BCUT2D eigenvalue weighted by Crippen LogP contribution is 2.33. The first kappa shape index (κ1) is 18.4. The number of amides is 2. The Hall–Kier alpha value is -2.39. The van der Waals surface area contributed by atoms with E-state index in [0.29, 0.717) is 10.6 Å². The van der Waals surface area contributed by atoms with E-state index in [0.717, 1.165) is 6.07 Å². The molecule has 0 atom stereocenters. The normalized spacial score (nSPS) is 13.7. The first-order valence-corrected chi connectivity index (χ1v) is 10.3. The topological polar surface area (TPSA) is 92.3 Å². The van der Waals surface area contributed by atoms with E-state index < -0.39 is 21.6 Å². The van der Waals surface area contributed by atoms with Gasteiger partial charge in [-0.05, 0) is 36.4 Å². The SMILES string of the molecule is O=C(CCS(=O)(=O)c1ccc2c(c1)SCC(=O)N2)Nc1cccc(F)c1. The van der Waals surface area contributed by atoms with Gasteiger partial charge in [-0.2, -0.15) is 0 Å². The number of nitrogens with one attached hydrogen (secondary N) is 2. The molecular weight excluding hydrogens is 379 g/mol. The van der Waals surface area contributed by atoms with E-state index in [9.17, 15) is 22.4 Å². The molecule has 0 saturated heterocycles. The van der Waals surface area contributed by atoms with Gasteiger partial charge in [0.25, 0.3) is 0 Å². The molecule has 2 amide bonds. The maximum absolute atomic E-state index is 13.1. The summed E-state index contributed by atoms with van der Waals surface area (Å²) < 4.78 is 38.0. The highest BCUT2D eigenvalue weighted by molar-refractivity contribution is 8.00. The molecule has 2 N–H and O–H groups in total. The average molecular weight is 394 g/mol. The largest absolute Gasteiger partial charge is 0.326 e. The summed E-state index contributed by atoms with van der Waals surface area (Å²) in [6.07, 6.45) is -0.250. The molecule has 0 unspecified atom stereocenters. The van der Waals surface area contributed by atoms with Gasteiger partial charge in [0.15, 0.2) is 9.84 Å². The quantitative estimate of drug-likeness (QED) is 0.813. The fourth-order valence-corrected chi connectivity index (χ4v) is 4.56. The summed E-state index contributed by atoms with van der Waals surface area (Å²) in [6.45, 7) is 0. The van der Waals surface area contributed by atoms with Gasteiger partial charge in [0.05, 0.1) is 22.1 Å². The Kier molecular flexibility index (Phi) is 5.28. The van der Waals surface area contributed by atoms with Crippen LogP contribution in [-0.4, -0.2) is 31.7 Å².